The zero-order valence-corrected chi connectivity index (χ0v) is 18.1. The molecule has 158 valence electrons. The van der Waals surface area contributed by atoms with E-state index < -0.39 is 9.84 Å². The Morgan fingerprint density at radius 2 is 1.97 bits per heavy atom. The van der Waals surface area contributed by atoms with E-state index in [1.165, 1.54) is 16.2 Å². The van der Waals surface area contributed by atoms with Crippen LogP contribution in [0.25, 0.3) is 0 Å². The van der Waals surface area contributed by atoms with Crippen molar-refractivity contribution in [2.75, 3.05) is 36.5 Å². The first-order valence-electron chi connectivity index (χ1n) is 9.88. The SMILES string of the molecule is CCN(CC(=O)Nc1sc2c(c1C#N)CCCC2)CC(=O)N[C@@H]1CCS(=O)(=O)C1. The summed E-state index contributed by atoms with van der Waals surface area (Å²) in [6.45, 7) is 2.40. The molecule has 1 aromatic rings. The number of hydrogen-bond acceptors (Lipinski definition) is 7. The highest BCUT2D eigenvalue weighted by Gasteiger charge is 2.29. The Kier molecular flexibility index (Phi) is 6.93. The predicted molar refractivity (Wildman–Crippen MR) is 112 cm³/mol. The lowest BCUT2D eigenvalue weighted by Gasteiger charge is -2.20. The molecule has 1 saturated heterocycles. The predicted octanol–water partition coefficient (Wildman–Crippen LogP) is 1.06. The van der Waals surface area contributed by atoms with Gasteiger partial charge in [0.05, 0.1) is 30.2 Å². The molecule has 0 radical (unpaired) electrons. The van der Waals surface area contributed by atoms with Crippen LogP contribution in [0.4, 0.5) is 5.00 Å². The van der Waals surface area contributed by atoms with E-state index in [1.807, 2.05) is 6.92 Å². The van der Waals surface area contributed by atoms with Crippen molar-refractivity contribution in [1.82, 2.24) is 10.2 Å². The van der Waals surface area contributed by atoms with Crippen LogP contribution in [-0.2, 0) is 32.3 Å². The zero-order valence-electron chi connectivity index (χ0n) is 16.5. The zero-order chi connectivity index (χ0) is 21.0. The highest BCUT2D eigenvalue weighted by atomic mass is 32.2. The molecule has 1 atom stereocenters. The van der Waals surface area contributed by atoms with E-state index in [-0.39, 0.29) is 42.5 Å². The van der Waals surface area contributed by atoms with E-state index in [9.17, 15) is 23.3 Å². The number of nitrogens with one attached hydrogen (secondary N) is 2. The van der Waals surface area contributed by atoms with E-state index in [0.717, 1.165) is 31.2 Å². The minimum absolute atomic E-state index is 0.0204. The number of hydrogen-bond donors (Lipinski definition) is 2. The van der Waals surface area contributed by atoms with Gasteiger partial charge in [0.25, 0.3) is 0 Å². The fourth-order valence-corrected chi connectivity index (χ4v) is 6.74. The lowest BCUT2D eigenvalue weighted by molar-refractivity contribution is -0.123. The number of nitrogens with zero attached hydrogens (tertiary/aromatic N) is 2. The maximum absolute atomic E-state index is 12.5. The van der Waals surface area contributed by atoms with Crippen molar-refractivity contribution in [2.24, 2.45) is 0 Å². The normalized spacial score (nSPS) is 20.1. The third-order valence-corrected chi connectivity index (χ3v) is 8.29. The largest absolute Gasteiger partial charge is 0.351 e. The number of fused-ring (bicyclic) bond motifs is 1. The van der Waals surface area contributed by atoms with Gasteiger partial charge in [-0.25, -0.2) is 8.42 Å². The third-order valence-electron chi connectivity index (χ3n) is 5.32. The van der Waals surface area contributed by atoms with Crippen LogP contribution < -0.4 is 10.6 Å². The van der Waals surface area contributed by atoms with E-state index in [1.54, 1.807) is 4.90 Å². The highest BCUT2D eigenvalue weighted by molar-refractivity contribution is 7.91. The van der Waals surface area contributed by atoms with Gasteiger partial charge in [-0.05, 0) is 44.2 Å². The van der Waals surface area contributed by atoms with Gasteiger partial charge in [0.15, 0.2) is 9.84 Å². The van der Waals surface area contributed by atoms with Crippen LogP contribution in [0.15, 0.2) is 0 Å². The molecule has 1 aromatic heterocycles. The number of aryl methyl sites for hydroxylation is 1. The van der Waals surface area contributed by atoms with Gasteiger partial charge in [0.1, 0.15) is 11.1 Å². The second-order valence-corrected chi connectivity index (χ2v) is 10.9. The molecule has 2 amide bonds. The molecule has 2 heterocycles. The molecule has 1 aliphatic carbocycles. The van der Waals surface area contributed by atoms with Gasteiger partial charge >= 0.3 is 0 Å². The molecule has 1 aliphatic heterocycles. The average molecular weight is 439 g/mol. The smallest absolute Gasteiger partial charge is 0.239 e. The summed E-state index contributed by atoms with van der Waals surface area (Å²) in [7, 11) is -3.05. The summed E-state index contributed by atoms with van der Waals surface area (Å²) < 4.78 is 23.0. The summed E-state index contributed by atoms with van der Waals surface area (Å²) >= 11 is 1.48. The van der Waals surface area contributed by atoms with E-state index in [0.29, 0.717) is 23.5 Å². The Morgan fingerprint density at radius 1 is 1.24 bits per heavy atom. The van der Waals surface area contributed by atoms with Crippen LogP contribution in [0, 0.1) is 11.3 Å². The van der Waals surface area contributed by atoms with E-state index >= 15 is 0 Å². The summed E-state index contributed by atoms with van der Waals surface area (Å²) in [4.78, 5) is 27.6. The second-order valence-electron chi connectivity index (χ2n) is 7.55. The topological polar surface area (TPSA) is 119 Å². The van der Waals surface area contributed by atoms with Crippen LogP contribution in [-0.4, -0.2) is 62.3 Å². The number of rotatable bonds is 7. The van der Waals surface area contributed by atoms with E-state index in [4.69, 9.17) is 0 Å². The maximum atomic E-state index is 12.5. The molecule has 0 saturated carbocycles. The standard InChI is InChI=1S/C19H26N4O4S2/c1-2-23(10-17(24)21-13-7-8-29(26,27)12-13)11-18(25)22-19-15(9-20)14-5-3-4-6-16(14)28-19/h13H,2-8,10-12H2,1H3,(H,21,24)(H,22,25)/t13-/m1/s1. The second kappa shape index (κ2) is 9.24. The summed E-state index contributed by atoms with van der Waals surface area (Å²) in [6, 6.07) is 1.87. The van der Waals surface area contributed by atoms with E-state index in [2.05, 4.69) is 16.7 Å². The molecule has 0 aromatic carbocycles. The minimum Gasteiger partial charge on any atom is -0.351 e. The van der Waals surface area contributed by atoms with Crippen molar-refractivity contribution in [1.29, 1.82) is 5.26 Å². The first-order chi connectivity index (χ1) is 13.8. The first kappa shape index (κ1) is 21.7. The van der Waals surface area contributed by atoms with Gasteiger partial charge in [-0.2, -0.15) is 5.26 Å². The van der Waals surface area contributed by atoms with Crippen LogP contribution in [0.2, 0.25) is 0 Å². The van der Waals surface area contributed by atoms with Gasteiger partial charge in [-0.3, -0.25) is 14.5 Å². The van der Waals surface area contributed by atoms with Crippen LogP contribution in [0.1, 0.15) is 42.2 Å². The maximum Gasteiger partial charge on any atom is 0.239 e. The van der Waals surface area contributed by atoms with Gasteiger partial charge < -0.3 is 10.6 Å². The first-order valence-corrected chi connectivity index (χ1v) is 12.5. The number of sulfone groups is 1. The van der Waals surface area contributed by atoms with Crippen molar-refractivity contribution < 1.29 is 18.0 Å². The molecule has 0 unspecified atom stereocenters. The Bertz CT molecular complexity index is 933. The Hall–Kier alpha value is -1.96. The van der Waals surface area contributed by atoms with Gasteiger partial charge in [0.2, 0.25) is 11.8 Å². The lowest BCUT2D eigenvalue weighted by atomic mass is 9.96. The number of amides is 2. The molecule has 0 bridgehead atoms. The average Bonchev–Trinajstić information content (AvgIpc) is 3.19. The summed E-state index contributed by atoms with van der Waals surface area (Å²) in [5.74, 6) is -0.473. The monoisotopic (exact) mass is 438 g/mol. The fourth-order valence-electron chi connectivity index (χ4n) is 3.81. The van der Waals surface area contributed by atoms with Crippen molar-refractivity contribution in [3.8, 4) is 6.07 Å². The Balaban J connectivity index is 1.54. The van der Waals surface area contributed by atoms with Gasteiger partial charge in [-0.15, -0.1) is 11.3 Å². The molecule has 8 nitrogen and oxygen atoms in total. The molecule has 0 spiro atoms. The highest BCUT2D eigenvalue weighted by Crippen LogP contribution is 2.37. The summed E-state index contributed by atoms with van der Waals surface area (Å²) in [5.41, 5.74) is 1.64. The quantitative estimate of drug-likeness (QED) is 0.657. The molecule has 29 heavy (non-hydrogen) atoms. The summed E-state index contributed by atoms with van der Waals surface area (Å²) in [5, 5.41) is 15.7. The number of carbonyl (C=O) groups is 2. The third kappa shape index (κ3) is 5.56. The Morgan fingerprint density at radius 3 is 2.62 bits per heavy atom. The number of nitriles is 1. The van der Waals surface area contributed by atoms with Crippen molar-refractivity contribution in [2.45, 2.75) is 45.1 Å². The van der Waals surface area contributed by atoms with Crippen molar-refractivity contribution in [3.63, 3.8) is 0 Å². The van der Waals surface area contributed by atoms with Crippen LogP contribution in [0.5, 0.6) is 0 Å². The van der Waals surface area contributed by atoms with Crippen molar-refractivity contribution >= 4 is 38.0 Å². The number of likely N-dealkylation sites (N-methyl/N-ethyl adjacent to an activating group) is 1. The number of anilines is 1. The minimum atomic E-state index is -3.05. The molecule has 3 rings (SSSR count). The van der Waals surface area contributed by atoms with Gasteiger partial charge in [0, 0.05) is 10.9 Å². The van der Waals surface area contributed by atoms with Crippen molar-refractivity contribution in [3.05, 3.63) is 16.0 Å². The molecule has 10 heteroatoms. The fraction of sp³-hybridized carbons (Fsp3) is 0.632. The lowest BCUT2D eigenvalue weighted by Crippen LogP contribution is -2.44. The van der Waals surface area contributed by atoms with Crippen LogP contribution in [0.3, 0.4) is 0 Å². The molecule has 1 fully saturated rings. The number of thiophene rings is 1. The van der Waals surface area contributed by atoms with Gasteiger partial charge in [-0.1, -0.05) is 6.92 Å². The molecular formula is C19H26N4O4S2. The Labute approximate surface area is 175 Å². The number of carbonyl (C=O) groups excluding carboxylic acids is 2. The molecule has 2 aliphatic rings. The summed E-state index contributed by atoms with van der Waals surface area (Å²) in [6.07, 6.45) is 4.42. The molecular weight excluding hydrogens is 412 g/mol. The molecule has 2 N–H and O–H groups in total. The van der Waals surface area contributed by atoms with Crippen LogP contribution >= 0.6 is 11.3 Å².